The Morgan fingerprint density at radius 2 is 2.17 bits per heavy atom. The van der Waals surface area contributed by atoms with Crippen LogP contribution in [0.5, 0.6) is 0 Å². The van der Waals surface area contributed by atoms with Gasteiger partial charge >= 0.3 is 0 Å². The molecule has 0 aliphatic carbocycles. The molecule has 18 heavy (non-hydrogen) atoms. The van der Waals surface area contributed by atoms with Crippen LogP contribution >= 0.6 is 11.3 Å². The standard InChI is InChI=1S/C10H14N4O2S2/c1-14(2)18(15,16)6-4-11-10-9-8(3-5-17-9)12-7-13-10/h3,5,7H,4,6H2,1-2H3,(H,11,12,13). The van der Waals surface area contributed by atoms with Crippen LogP contribution in [0.3, 0.4) is 0 Å². The van der Waals surface area contributed by atoms with E-state index in [1.807, 2.05) is 11.4 Å². The minimum Gasteiger partial charge on any atom is -0.368 e. The molecule has 0 atom stereocenters. The Morgan fingerprint density at radius 1 is 1.39 bits per heavy atom. The van der Waals surface area contributed by atoms with Crippen LogP contribution < -0.4 is 5.32 Å². The number of fused-ring (bicyclic) bond motifs is 1. The van der Waals surface area contributed by atoms with Crippen molar-refractivity contribution in [3.05, 3.63) is 17.8 Å². The smallest absolute Gasteiger partial charge is 0.215 e. The first kappa shape index (κ1) is 13.2. The average molecular weight is 286 g/mol. The molecule has 2 heterocycles. The van der Waals surface area contributed by atoms with Crippen molar-refractivity contribution >= 4 is 37.4 Å². The van der Waals surface area contributed by atoms with Gasteiger partial charge in [0.05, 0.1) is 16.0 Å². The molecule has 0 saturated carbocycles. The fourth-order valence-corrected chi connectivity index (χ4v) is 2.93. The number of aromatic nitrogens is 2. The minimum atomic E-state index is -3.18. The second kappa shape index (κ2) is 5.17. The Hall–Kier alpha value is -1.25. The summed E-state index contributed by atoms with van der Waals surface area (Å²) in [6.45, 7) is 0.324. The number of thiophene rings is 1. The van der Waals surface area contributed by atoms with E-state index in [-0.39, 0.29) is 5.75 Å². The van der Waals surface area contributed by atoms with Crippen molar-refractivity contribution in [3.63, 3.8) is 0 Å². The summed E-state index contributed by atoms with van der Waals surface area (Å²) in [5.74, 6) is 0.723. The molecule has 6 nitrogen and oxygen atoms in total. The van der Waals surface area contributed by atoms with Crippen molar-refractivity contribution in [1.29, 1.82) is 0 Å². The third kappa shape index (κ3) is 2.77. The lowest BCUT2D eigenvalue weighted by Gasteiger charge is -2.11. The van der Waals surface area contributed by atoms with Crippen LogP contribution in [0.4, 0.5) is 5.82 Å². The van der Waals surface area contributed by atoms with E-state index in [2.05, 4.69) is 15.3 Å². The van der Waals surface area contributed by atoms with Crippen LogP contribution in [-0.2, 0) is 10.0 Å². The van der Waals surface area contributed by atoms with Crippen molar-refractivity contribution in [2.75, 3.05) is 31.7 Å². The Bertz CT molecular complexity index is 636. The fourth-order valence-electron chi connectivity index (χ4n) is 1.40. The van der Waals surface area contributed by atoms with Crippen molar-refractivity contribution in [2.45, 2.75) is 0 Å². The molecule has 0 radical (unpaired) electrons. The number of hydrogen-bond donors (Lipinski definition) is 1. The lowest BCUT2D eigenvalue weighted by molar-refractivity contribution is 0.521. The van der Waals surface area contributed by atoms with Crippen LogP contribution in [0, 0.1) is 0 Å². The molecule has 0 aliphatic heterocycles. The van der Waals surface area contributed by atoms with Crippen LogP contribution in [0.25, 0.3) is 10.2 Å². The van der Waals surface area contributed by atoms with E-state index in [1.54, 1.807) is 0 Å². The molecule has 1 N–H and O–H groups in total. The molecule has 2 aromatic rings. The average Bonchev–Trinajstić information content (AvgIpc) is 2.77. The van der Waals surface area contributed by atoms with Gasteiger partial charge < -0.3 is 5.32 Å². The molecular weight excluding hydrogens is 272 g/mol. The second-order valence-electron chi connectivity index (χ2n) is 3.88. The molecule has 0 unspecified atom stereocenters. The van der Waals surface area contributed by atoms with Gasteiger partial charge in [0.15, 0.2) is 0 Å². The van der Waals surface area contributed by atoms with Crippen molar-refractivity contribution < 1.29 is 8.42 Å². The molecule has 0 fully saturated rings. The zero-order valence-electron chi connectivity index (χ0n) is 10.1. The number of anilines is 1. The lowest BCUT2D eigenvalue weighted by atomic mass is 10.4. The molecule has 0 spiro atoms. The van der Waals surface area contributed by atoms with E-state index in [0.717, 1.165) is 10.2 Å². The van der Waals surface area contributed by atoms with E-state index in [9.17, 15) is 8.42 Å². The van der Waals surface area contributed by atoms with Gasteiger partial charge in [0, 0.05) is 20.6 Å². The van der Waals surface area contributed by atoms with Gasteiger partial charge in [0.25, 0.3) is 0 Å². The van der Waals surface area contributed by atoms with Gasteiger partial charge in [-0.05, 0) is 11.4 Å². The summed E-state index contributed by atoms with van der Waals surface area (Å²) in [5, 5.41) is 4.97. The largest absolute Gasteiger partial charge is 0.368 e. The monoisotopic (exact) mass is 286 g/mol. The zero-order chi connectivity index (χ0) is 13.2. The van der Waals surface area contributed by atoms with Crippen LogP contribution in [0.15, 0.2) is 17.8 Å². The quantitative estimate of drug-likeness (QED) is 0.887. The van der Waals surface area contributed by atoms with Crippen LogP contribution in [0.1, 0.15) is 0 Å². The number of nitrogens with zero attached hydrogens (tertiary/aromatic N) is 3. The predicted molar refractivity (Wildman–Crippen MR) is 73.4 cm³/mol. The highest BCUT2D eigenvalue weighted by atomic mass is 32.2. The summed E-state index contributed by atoms with van der Waals surface area (Å²) in [5.41, 5.74) is 0.868. The molecule has 8 heteroatoms. The van der Waals surface area contributed by atoms with Gasteiger partial charge in [-0.2, -0.15) is 0 Å². The highest BCUT2D eigenvalue weighted by molar-refractivity contribution is 7.89. The number of rotatable bonds is 5. The predicted octanol–water partition coefficient (Wildman–Crippen LogP) is 0.995. The summed E-state index contributed by atoms with van der Waals surface area (Å²) >= 11 is 1.53. The van der Waals surface area contributed by atoms with Gasteiger partial charge in [-0.1, -0.05) is 0 Å². The third-order valence-corrected chi connectivity index (χ3v) is 5.20. The zero-order valence-corrected chi connectivity index (χ0v) is 11.8. The van der Waals surface area contributed by atoms with E-state index < -0.39 is 10.0 Å². The Morgan fingerprint density at radius 3 is 2.89 bits per heavy atom. The summed E-state index contributed by atoms with van der Waals surface area (Å²) in [7, 11) is -0.127. The van der Waals surface area contributed by atoms with E-state index in [0.29, 0.717) is 12.4 Å². The van der Waals surface area contributed by atoms with Crippen LogP contribution in [0.2, 0.25) is 0 Å². The SMILES string of the molecule is CN(C)S(=O)(=O)CCNc1ncnc2ccsc12. The first-order chi connectivity index (χ1) is 8.50. The molecule has 2 aromatic heterocycles. The maximum Gasteiger partial charge on any atom is 0.215 e. The minimum absolute atomic E-state index is 0.0386. The third-order valence-electron chi connectivity index (χ3n) is 2.45. The normalized spacial score (nSPS) is 12.2. The molecule has 0 amide bonds. The van der Waals surface area contributed by atoms with Gasteiger partial charge in [-0.25, -0.2) is 22.7 Å². The number of nitrogens with one attached hydrogen (secondary N) is 1. The van der Waals surface area contributed by atoms with Gasteiger partial charge in [-0.15, -0.1) is 11.3 Å². The number of hydrogen-bond acceptors (Lipinski definition) is 6. The molecule has 0 aromatic carbocycles. The second-order valence-corrected chi connectivity index (χ2v) is 7.10. The fraction of sp³-hybridized carbons (Fsp3) is 0.400. The lowest BCUT2D eigenvalue weighted by Crippen LogP contribution is -2.28. The summed E-state index contributed by atoms with van der Waals surface area (Å²) < 4.78 is 25.3. The first-order valence-electron chi connectivity index (χ1n) is 5.33. The maximum atomic E-state index is 11.6. The van der Waals surface area contributed by atoms with E-state index in [4.69, 9.17) is 0 Å². The number of sulfonamides is 1. The summed E-state index contributed by atoms with van der Waals surface area (Å²) in [4.78, 5) is 8.24. The highest BCUT2D eigenvalue weighted by Crippen LogP contribution is 2.24. The molecule has 0 bridgehead atoms. The van der Waals surface area contributed by atoms with Crippen LogP contribution in [-0.4, -0.2) is 49.1 Å². The Labute approximate surface area is 110 Å². The summed E-state index contributed by atoms with van der Waals surface area (Å²) in [6.07, 6.45) is 1.47. The summed E-state index contributed by atoms with van der Waals surface area (Å²) in [6, 6.07) is 1.91. The molecule has 2 rings (SSSR count). The van der Waals surface area contributed by atoms with E-state index in [1.165, 1.54) is 36.1 Å². The topological polar surface area (TPSA) is 75.2 Å². The van der Waals surface area contributed by atoms with Crippen molar-refractivity contribution in [1.82, 2.24) is 14.3 Å². The molecule has 98 valence electrons. The van der Waals surface area contributed by atoms with E-state index >= 15 is 0 Å². The molecule has 0 saturated heterocycles. The van der Waals surface area contributed by atoms with Crippen molar-refractivity contribution in [3.8, 4) is 0 Å². The van der Waals surface area contributed by atoms with Gasteiger partial charge in [-0.3, -0.25) is 0 Å². The van der Waals surface area contributed by atoms with Crippen molar-refractivity contribution in [2.24, 2.45) is 0 Å². The first-order valence-corrected chi connectivity index (χ1v) is 7.82. The molecular formula is C10H14N4O2S2. The Balaban J connectivity index is 2.05. The highest BCUT2D eigenvalue weighted by Gasteiger charge is 2.13. The molecule has 0 aliphatic rings. The van der Waals surface area contributed by atoms with Gasteiger partial charge in [0.2, 0.25) is 10.0 Å². The van der Waals surface area contributed by atoms with Gasteiger partial charge in [0.1, 0.15) is 12.1 Å². The maximum absolute atomic E-state index is 11.6. The Kier molecular flexibility index (Phi) is 3.79.